The van der Waals surface area contributed by atoms with Crippen molar-refractivity contribution in [2.24, 2.45) is 0 Å². The number of carbonyl (C=O) groups is 1. The standard InChI is InChI=1S/C14H15ClN4O3/c1-9(11-6-4-3-5-7-11)16-12(20)8-18-10(2)13(15)14(17-18)19(21)22/h3-7,9H,8H2,1-2H3,(H,16,20)/t9-/m1/s1. The van der Waals surface area contributed by atoms with Crippen molar-refractivity contribution in [2.75, 3.05) is 0 Å². The van der Waals surface area contributed by atoms with Gasteiger partial charge >= 0.3 is 5.82 Å². The highest BCUT2D eigenvalue weighted by molar-refractivity contribution is 6.33. The molecule has 1 heterocycles. The lowest BCUT2D eigenvalue weighted by Crippen LogP contribution is -2.30. The van der Waals surface area contributed by atoms with Gasteiger partial charge in [-0.15, -0.1) is 0 Å². The van der Waals surface area contributed by atoms with Crippen molar-refractivity contribution in [1.82, 2.24) is 15.1 Å². The Kier molecular flexibility index (Phi) is 4.77. The summed E-state index contributed by atoms with van der Waals surface area (Å²) in [5.41, 5.74) is 1.35. The number of halogens is 1. The van der Waals surface area contributed by atoms with Crippen LogP contribution in [0.1, 0.15) is 24.2 Å². The summed E-state index contributed by atoms with van der Waals surface area (Å²) in [5, 5.41) is 17.3. The van der Waals surface area contributed by atoms with Gasteiger partial charge in [0, 0.05) is 0 Å². The molecule has 1 atom stereocenters. The van der Waals surface area contributed by atoms with Gasteiger partial charge in [-0.1, -0.05) is 41.9 Å². The highest BCUT2D eigenvalue weighted by atomic mass is 35.5. The monoisotopic (exact) mass is 322 g/mol. The van der Waals surface area contributed by atoms with Gasteiger partial charge < -0.3 is 15.4 Å². The number of nitrogens with zero attached hydrogens (tertiary/aromatic N) is 3. The summed E-state index contributed by atoms with van der Waals surface area (Å²) in [4.78, 5) is 22.2. The van der Waals surface area contributed by atoms with Gasteiger partial charge in [-0.3, -0.25) is 4.79 Å². The molecule has 0 spiro atoms. The molecular formula is C14H15ClN4O3. The summed E-state index contributed by atoms with van der Waals surface area (Å²) in [6.07, 6.45) is 0. The molecule has 1 aromatic heterocycles. The van der Waals surface area contributed by atoms with E-state index in [-0.39, 0.29) is 23.5 Å². The minimum absolute atomic E-state index is 0.0473. The summed E-state index contributed by atoms with van der Waals surface area (Å²) in [6.45, 7) is 3.31. The van der Waals surface area contributed by atoms with Gasteiger partial charge in [0.25, 0.3) is 0 Å². The van der Waals surface area contributed by atoms with E-state index in [1.165, 1.54) is 4.68 Å². The van der Waals surface area contributed by atoms with Crippen LogP contribution in [-0.2, 0) is 11.3 Å². The average Bonchev–Trinajstić information content (AvgIpc) is 2.76. The van der Waals surface area contributed by atoms with E-state index < -0.39 is 10.7 Å². The zero-order valence-electron chi connectivity index (χ0n) is 12.1. The molecule has 0 bridgehead atoms. The lowest BCUT2D eigenvalue weighted by atomic mass is 10.1. The second-order valence-electron chi connectivity index (χ2n) is 4.84. The molecule has 0 saturated heterocycles. The summed E-state index contributed by atoms with van der Waals surface area (Å²) < 4.78 is 1.23. The smallest absolute Gasteiger partial charge is 0.358 e. The zero-order valence-corrected chi connectivity index (χ0v) is 12.9. The third-order valence-electron chi connectivity index (χ3n) is 3.26. The van der Waals surface area contributed by atoms with E-state index >= 15 is 0 Å². The number of hydrogen-bond donors (Lipinski definition) is 1. The molecule has 1 N–H and O–H groups in total. The Morgan fingerprint density at radius 3 is 2.64 bits per heavy atom. The summed E-state index contributed by atoms with van der Waals surface area (Å²) in [6, 6.07) is 9.32. The maximum absolute atomic E-state index is 12.1. The molecule has 8 heteroatoms. The lowest BCUT2D eigenvalue weighted by Gasteiger charge is -2.13. The first-order valence-electron chi connectivity index (χ1n) is 6.61. The van der Waals surface area contributed by atoms with Gasteiger partial charge in [-0.05, 0) is 24.3 Å². The Bertz CT molecular complexity index is 700. The molecule has 1 aromatic carbocycles. The number of amides is 1. The molecule has 0 aliphatic heterocycles. The topological polar surface area (TPSA) is 90.1 Å². The molecule has 2 aromatic rings. The second kappa shape index (κ2) is 6.57. The van der Waals surface area contributed by atoms with Gasteiger partial charge in [0.1, 0.15) is 6.54 Å². The maximum Gasteiger partial charge on any atom is 0.408 e. The van der Waals surface area contributed by atoms with Gasteiger partial charge in [0.05, 0.1) is 16.8 Å². The van der Waals surface area contributed by atoms with Gasteiger partial charge in [-0.25, -0.2) is 0 Å². The summed E-state index contributed by atoms with van der Waals surface area (Å²) >= 11 is 5.84. The number of nitro groups is 1. The van der Waals surface area contributed by atoms with Crippen molar-refractivity contribution in [2.45, 2.75) is 26.4 Å². The summed E-state index contributed by atoms with van der Waals surface area (Å²) in [7, 11) is 0. The Morgan fingerprint density at radius 2 is 2.09 bits per heavy atom. The van der Waals surface area contributed by atoms with E-state index in [2.05, 4.69) is 10.4 Å². The third-order valence-corrected chi connectivity index (χ3v) is 3.70. The minimum Gasteiger partial charge on any atom is -0.358 e. The van der Waals surface area contributed by atoms with E-state index in [0.717, 1.165) is 5.56 Å². The first-order valence-corrected chi connectivity index (χ1v) is 6.99. The Hall–Kier alpha value is -2.41. The van der Waals surface area contributed by atoms with E-state index in [1.807, 2.05) is 37.3 Å². The van der Waals surface area contributed by atoms with Crippen molar-refractivity contribution >= 4 is 23.3 Å². The van der Waals surface area contributed by atoms with E-state index in [1.54, 1.807) is 6.92 Å². The predicted molar refractivity (Wildman–Crippen MR) is 81.6 cm³/mol. The number of carbonyl (C=O) groups excluding carboxylic acids is 1. The number of benzene rings is 1. The molecule has 0 saturated carbocycles. The number of nitrogens with one attached hydrogen (secondary N) is 1. The average molecular weight is 323 g/mol. The van der Waals surface area contributed by atoms with Crippen LogP contribution in [0.25, 0.3) is 0 Å². The van der Waals surface area contributed by atoms with E-state index in [9.17, 15) is 14.9 Å². The van der Waals surface area contributed by atoms with Crippen LogP contribution >= 0.6 is 11.6 Å². The van der Waals surface area contributed by atoms with Crippen LogP contribution in [0.2, 0.25) is 5.02 Å². The third kappa shape index (κ3) is 3.43. The van der Waals surface area contributed by atoms with Crippen molar-refractivity contribution in [3.63, 3.8) is 0 Å². The van der Waals surface area contributed by atoms with Gasteiger partial charge in [-0.2, -0.15) is 4.68 Å². The van der Waals surface area contributed by atoms with Crippen molar-refractivity contribution in [3.8, 4) is 0 Å². The van der Waals surface area contributed by atoms with Crippen LogP contribution in [0.4, 0.5) is 5.82 Å². The summed E-state index contributed by atoms with van der Waals surface area (Å²) in [5.74, 6) is -0.739. The molecule has 0 aliphatic carbocycles. The fourth-order valence-electron chi connectivity index (χ4n) is 2.03. The molecule has 0 radical (unpaired) electrons. The molecular weight excluding hydrogens is 308 g/mol. The SMILES string of the molecule is Cc1c(Cl)c([N+](=O)[O-])nn1CC(=O)N[C@H](C)c1ccccc1. The zero-order chi connectivity index (χ0) is 16.3. The van der Waals surface area contributed by atoms with Crippen LogP contribution in [0.15, 0.2) is 30.3 Å². The molecule has 0 fully saturated rings. The molecule has 0 aliphatic rings. The molecule has 1 amide bonds. The van der Waals surface area contributed by atoms with Gasteiger partial charge in [0.2, 0.25) is 5.91 Å². The van der Waals surface area contributed by atoms with Gasteiger partial charge in [0.15, 0.2) is 5.02 Å². The highest BCUT2D eigenvalue weighted by Crippen LogP contribution is 2.26. The van der Waals surface area contributed by atoms with Crippen molar-refractivity contribution in [3.05, 3.63) is 56.7 Å². The van der Waals surface area contributed by atoms with Crippen LogP contribution in [-0.4, -0.2) is 20.6 Å². The number of rotatable bonds is 5. The van der Waals surface area contributed by atoms with Crippen LogP contribution in [0.5, 0.6) is 0 Å². The fraction of sp³-hybridized carbons (Fsp3) is 0.286. The molecule has 2 rings (SSSR count). The van der Waals surface area contributed by atoms with E-state index in [4.69, 9.17) is 11.6 Å². The predicted octanol–water partition coefficient (Wildman–Crippen LogP) is 2.63. The fourth-order valence-corrected chi connectivity index (χ4v) is 2.23. The Morgan fingerprint density at radius 1 is 1.45 bits per heavy atom. The van der Waals surface area contributed by atoms with Crippen LogP contribution < -0.4 is 5.32 Å². The van der Waals surface area contributed by atoms with Crippen molar-refractivity contribution in [1.29, 1.82) is 0 Å². The normalized spacial score (nSPS) is 12.0. The highest BCUT2D eigenvalue weighted by Gasteiger charge is 2.25. The Labute approximate surface area is 132 Å². The molecule has 0 unspecified atom stereocenters. The molecule has 7 nitrogen and oxygen atoms in total. The molecule has 116 valence electrons. The van der Waals surface area contributed by atoms with Crippen LogP contribution in [0, 0.1) is 17.0 Å². The number of hydrogen-bond acceptors (Lipinski definition) is 4. The quantitative estimate of drug-likeness (QED) is 0.676. The van der Waals surface area contributed by atoms with E-state index in [0.29, 0.717) is 5.69 Å². The minimum atomic E-state index is -0.670. The first-order chi connectivity index (χ1) is 10.4. The number of aromatic nitrogens is 2. The Balaban J connectivity index is 2.07. The maximum atomic E-state index is 12.1. The lowest BCUT2D eigenvalue weighted by molar-refractivity contribution is -0.389. The first kappa shape index (κ1) is 16.0. The van der Waals surface area contributed by atoms with Crippen molar-refractivity contribution < 1.29 is 9.72 Å². The second-order valence-corrected chi connectivity index (χ2v) is 5.22. The molecule has 22 heavy (non-hydrogen) atoms. The largest absolute Gasteiger partial charge is 0.408 e. The van der Waals surface area contributed by atoms with Crippen LogP contribution in [0.3, 0.4) is 0 Å².